The third kappa shape index (κ3) is 1.42. The Labute approximate surface area is 98.7 Å². The number of hydrogen-bond donors (Lipinski definition) is 2. The predicted octanol–water partition coefficient (Wildman–Crippen LogP) is 0.348. The van der Waals surface area contributed by atoms with E-state index in [-0.39, 0.29) is 18.9 Å². The van der Waals surface area contributed by atoms with Crippen LogP contribution < -0.4 is 0 Å². The van der Waals surface area contributed by atoms with Crippen LogP contribution in [0, 0.1) is 11.8 Å². The summed E-state index contributed by atoms with van der Waals surface area (Å²) >= 11 is 0. The van der Waals surface area contributed by atoms with E-state index in [4.69, 9.17) is 5.11 Å². The van der Waals surface area contributed by atoms with Gasteiger partial charge in [-0.3, -0.25) is 9.59 Å². The first-order valence-corrected chi connectivity index (χ1v) is 6.04. The molecule has 92 valence electrons. The third-order valence-corrected chi connectivity index (χ3v) is 4.22. The maximum absolute atomic E-state index is 12.1. The van der Waals surface area contributed by atoms with Crippen LogP contribution >= 0.6 is 0 Å². The van der Waals surface area contributed by atoms with E-state index in [0.717, 1.165) is 30.4 Å². The Morgan fingerprint density at radius 1 is 1.35 bits per heavy atom. The van der Waals surface area contributed by atoms with E-state index in [0.29, 0.717) is 11.8 Å². The molecule has 0 aromatic carbocycles. The molecule has 0 aromatic rings. The van der Waals surface area contributed by atoms with Crippen LogP contribution in [0.25, 0.3) is 0 Å². The van der Waals surface area contributed by atoms with Crippen molar-refractivity contribution < 1.29 is 19.8 Å². The number of aliphatic hydroxyl groups is 1. The molecule has 1 saturated carbocycles. The average molecular weight is 237 g/mol. The molecule has 0 saturated heterocycles. The highest BCUT2D eigenvalue weighted by atomic mass is 16.4. The van der Waals surface area contributed by atoms with Gasteiger partial charge >= 0.3 is 5.97 Å². The molecule has 1 fully saturated rings. The van der Waals surface area contributed by atoms with Crippen LogP contribution in [-0.2, 0) is 9.59 Å². The largest absolute Gasteiger partial charge is 0.481 e. The van der Waals surface area contributed by atoms with Crippen molar-refractivity contribution in [3.8, 4) is 0 Å². The van der Waals surface area contributed by atoms with Gasteiger partial charge in [0, 0.05) is 12.1 Å². The summed E-state index contributed by atoms with van der Waals surface area (Å²) < 4.78 is 0. The molecule has 1 heterocycles. The summed E-state index contributed by atoms with van der Waals surface area (Å²) in [5.41, 5.74) is 1.68. The number of aliphatic carboxylic acids is 1. The van der Waals surface area contributed by atoms with Crippen molar-refractivity contribution in [2.45, 2.75) is 31.9 Å². The van der Waals surface area contributed by atoms with Gasteiger partial charge in [-0.15, -0.1) is 0 Å². The lowest BCUT2D eigenvalue weighted by Crippen LogP contribution is -2.38. The second-order valence-corrected chi connectivity index (χ2v) is 5.09. The lowest BCUT2D eigenvalue weighted by atomic mass is 9.93. The number of aliphatic hydroxyl groups excluding tert-OH is 1. The van der Waals surface area contributed by atoms with Gasteiger partial charge in [-0.25, -0.2) is 0 Å². The number of nitrogens with zero attached hydrogens (tertiary/aromatic N) is 1. The minimum Gasteiger partial charge on any atom is -0.481 e. The highest BCUT2D eigenvalue weighted by Crippen LogP contribution is 2.53. The molecule has 5 nitrogen and oxygen atoms in total. The number of carbonyl (C=O) groups is 2. The first-order valence-electron chi connectivity index (χ1n) is 6.04. The second-order valence-electron chi connectivity index (χ2n) is 5.09. The molecular weight excluding hydrogens is 222 g/mol. The van der Waals surface area contributed by atoms with Gasteiger partial charge in [0.25, 0.3) is 5.91 Å². The SMILES string of the molecule is O=C(O)CCN1C(=O)C2=C(C3CCC2C3)C1O. The van der Waals surface area contributed by atoms with Crippen LogP contribution in [0.5, 0.6) is 0 Å². The molecule has 5 heteroatoms. The van der Waals surface area contributed by atoms with Crippen LogP contribution in [0.3, 0.4) is 0 Å². The van der Waals surface area contributed by atoms with Crippen LogP contribution in [0.4, 0.5) is 0 Å². The Morgan fingerprint density at radius 2 is 2.06 bits per heavy atom. The van der Waals surface area contributed by atoms with E-state index in [1.54, 1.807) is 0 Å². The number of rotatable bonds is 3. The van der Waals surface area contributed by atoms with Crippen molar-refractivity contribution in [1.82, 2.24) is 4.90 Å². The van der Waals surface area contributed by atoms with E-state index in [1.165, 1.54) is 4.90 Å². The number of carbonyl (C=O) groups excluding carboxylic acids is 1. The number of fused-ring (bicyclic) bond motifs is 4. The van der Waals surface area contributed by atoms with Gasteiger partial charge in [0.15, 0.2) is 6.23 Å². The van der Waals surface area contributed by atoms with E-state index in [1.807, 2.05) is 0 Å². The zero-order valence-electron chi connectivity index (χ0n) is 9.43. The first-order chi connectivity index (χ1) is 8.09. The van der Waals surface area contributed by atoms with E-state index in [2.05, 4.69) is 0 Å². The Kier molecular flexibility index (Phi) is 2.26. The first kappa shape index (κ1) is 10.8. The summed E-state index contributed by atoms with van der Waals surface area (Å²) in [6.07, 6.45) is 2.11. The summed E-state index contributed by atoms with van der Waals surface area (Å²) in [5.74, 6) is -0.420. The van der Waals surface area contributed by atoms with E-state index in [9.17, 15) is 14.7 Å². The summed E-state index contributed by atoms with van der Waals surface area (Å²) in [7, 11) is 0. The van der Waals surface area contributed by atoms with Crippen molar-refractivity contribution in [2.75, 3.05) is 6.54 Å². The molecule has 0 spiro atoms. The minimum absolute atomic E-state index is 0.0990. The molecule has 1 amide bonds. The average Bonchev–Trinajstić information content (AvgIpc) is 2.92. The maximum atomic E-state index is 12.1. The molecule has 2 bridgehead atoms. The zero-order chi connectivity index (χ0) is 12.2. The highest BCUT2D eigenvalue weighted by molar-refractivity contribution is 5.99. The van der Waals surface area contributed by atoms with Gasteiger partial charge in [0.1, 0.15) is 0 Å². The Morgan fingerprint density at radius 3 is 2.71 bits per heavy atom. The predicted molar refractivity (Wildman–Crippen MR) is 57.8 cm³/mol. The van der Waals surface area contributed by atoms with Crippen molar-refractivity contribution in [2.24, 2.45) is 11.8 Å². The molecular formula is C12H15NO4. The van der Waals surface area contributed by atoms with Crippen molar-refractivity contribution >= 4 is 11.9 Å². The molecule has 3 aliphatic rings. The quantitative estimate of drug-likeness (QED) is 0.742. The van der Waals surface area contributed by atoms with Crippen LogP contribution in [-0.4, -0.2) is 39.8 Å². The standard InChI is InChI=1S/C12H15NO4/c14-8(15)3-4-13-11(16)9-6-1-2-7(5-6)10(9)12(13)17/h6-7,11,16H,1-5H2,(H,14,15). The number of likely N-dealkylation sites (tertiary alicyclic amines) is 1. The van der Waals surface area contributed by atoms with Gasteiger partial charge in [0.05, 0.1) is 6.42 Å². The smallest absolute Gasteiger partial charge is 0.305 e. The maximum Gasteiger partial charge on any atom is 0.305 e. The van der Waals surface area contributed by atoms with Crippen LogP contribution in [0.1, 0.15) is 25.7 Å². The van der Waals surface area contributed by atoms with Gasteiger partial charge < -0.3 is 15.1 Å². The van der Waals surface area contributed by atoms with E-state index < -0.39 is 12.2 Å². The lowest BCUT2D eigenvalue weighted by Gasteiger charge is -2.24. The molecule has 1 aliphatic heterocycles. The molecule has 3 rings (SSSR count). The van der Waals surface area contributed by atoms with Crippen LogP contribution in [0.15, 0.2) is 11.1 Å². The van der Waals surface area contributed by atoms with Gasteiger partial charge in [-0.2, -0.15) is 0 Å². The molecule has 0 aromatic heterocycles. The fourth-order valence-electron chi connectivity index (χ4n) is 3.50. The third-order valence-electron chi connectivity index (χ3n) is 4.22. The lowest BCUT2D eigenvalue weighted by molar-refractivity contribution is -0.139. The van der Waals surface area contributed by atoms with Crippen molar-refractivity contribution in [3.63, 3.8) is 0 Å². The molecule has 0 radical (unpaired) electrons. The molecule has 2 aliphatic carbocycles. The molecule has 2 N–H and O–H groups in total. The van der Waals surface area contributed by atoms with Gasteiger partial charge in [-0.1, -0.05) is 0 Å². The van der Waals surface area contributed by atoms with E-state index >= 15 is 0 Å². The Hall–Kier alpha value is -1.36. The van der Waals surface area contributed by atoms with Crippen molar-refractivity contribution in [3.05, 3.63) is 11.1 Å². The number of amides is 1. The van der Waals surface area contributed by atoms with Crippen LogP contribution in [0.2, 0.25) is 0 Å². The Balaban J connectivity index is 1.80. The number of carboxylic acids is 1. The topological polar surface area (TPSA) is 77.8 Å². The van der Waals surface area contributed by atoms with Gasteiger partial charge in [-0.05, 0) is 36.7 Å². The summed E-state index contributed by atoms with van der Waals surface area (Å²) in [6.45, 7) is 0.0990. The molecule has 3 atom stereocenters. The summed E-state index contributed by atoms with van der Waals surface area (Å²) in [4.78, 5) is 23.9. The number of hydrogen-bond acceptors (Lipinski definition) is 3. The number of carboxylic acid groups (broad SMARTS) is 1. The fraction of sp³-hybridized carbons (Fsp3) is 0.667. The fourth-order valence-corrected chi connectivity index (χ4v) is 3.50. The normalized spacial score (nSPS) is 34.8. The molecule has 3 unspecified atom stereocenters. The molecule has 17 heavy (non-hydrogen) atoms. The van der Waals surface area contributed by atoms with Gasteiger partial charge in [0.2, 0.25) is 0 Å². The summed E-state index contributed by atoms with van der Waals surface area (Å²) in [6, 6.07) is 0. The highest BCUT2D eigenvalue weighted by Gasteiger charge is 2.51. The van der Waals surface area contributed by atoms with Crippen molar-refractivity contribution in [1.29, 1.82) is 0 Å². The second kappa shape index (κ2) is 3.57. The monoisotopic (exact) mass is 237 g/mol. The Bertz CT molecular complexity index is 428. The zero-order valence-corrected chi connectivity index (χ0v) is 9.43. The minimum atomic E-state index is -0.944. The summed E-state index contributed by atoms with van der Waals surface area (Å²) in [5, 5.41) is 18.8.